The third-order valence-corrected chi connectivity index (χ3v) is 1.97. The molecule has 0 bridgehead atoms. The number of aliphatic hydroxyl groups is 1. The van der Waals surface area contributed by atoms with Crippen LogP contribution in [0.1, 0.15) is 45.1 Å². The van der Waals surface area contributed by atoms with Gasteiger partial charge >= 0.3 is 0 Å². The van der Waals surface area contributed by atoms with Crippen LogP contribution in [-0.4, -0.2) is 14.9 Å². The summed E-state index contributed by atoms with van der Waals surface area (Å²) >= 11 is 0. The molecule has 1 aromatic rings. The second kappa shape index (κ2) is 3.14. The Bertz CT molecular complexity index is 294. The van der Waals surface area contributed by atoms with Crippen molar-refractivity contribution in [3.63, 3.8) is 0 Å². The Kier molecular flexibility index (Phi) is 2.48. The van der Waals surface area contributed by atoms with Crippen LogP contribution in [0.5, 0.6) is 0 Å². The average Bonchev–Trinajstić information content (AvgIpc) is 2.29. The molecule has 1 heterocycles. The summed E-state index contributed by atoms with van der Waals surface area (Å²) in [5, 5.41) is 14.2. The first-order valence-electron chi connectivity index (χ1n) is 4.61. The van der Waals surface area contributed by atoms with Gasteiger partial charge in [0.05, 0.1) is 11.4 Å². The molecule has 0 aliphatic rings. The molecular formula is C10H18N2O. The Labute approximate surface area is 79.4 Å². The van der Waals surface area contributed by atoms with Crippen molar-refractivity contribution in [3.8, 4) is 0 Å². The first-order valence-corrected chi connectivity index (χ1v) is 4.61. The highest BCUT2D eigenvalue weighted by atomic mass is 16.3. The molecule has 0 radical (unpaired) electrons. The maximum atomic E-state index is 9.87. The van der Waals surface area contributed by atoms with Gasteiger partial charge in [-0.2, -0.15) is 5.10 Å². The number of aryl methyl sites for hydroxylation is 1. The number of aromatic nitrogens is 2. The molecular weight excluding hydrogens is 164 g/mol. The van der Waals surface area contributed by atoms with Gasteiger partial charge in [0.1, 0.15) is 5.60 Å². The Morgan fingerprint density at radius 3 is 2.31 bits per heavy atom. The van der Waals surface area contributed by atoms with Crippen LogP contribution in [0.25, 0.3) is 0 Å². The molecule has 0 fully saturated rings. The van der Waals surface area contributed by atoms with Crippen LogP contribution in [-0.2, 0) is 5.60 Å². The number of hydrogen-bond acceptors (Lipinski definition) is 2. The van der Waals surface area contributed by atoms with E-state index in [0.717, 1.165) is 11.4 Å². The van der Waals surface area contributed by atoms with Gasteiger partial charge < -0.3 is 5.11 Å². The van der Waals surface area contributed by atoms with Crippen molar-refractivity contribution in [1.29, 1.82) is 0 Å². The maximum absolute atomic E-state index is 9.87. The summed E-state index contributed by atoms with van der Waals surface area (Å²) in [6.07, 6.45) is 0. The van der Waals surface area contributed by atoms with Crippen molar-refractivity contribution >= 4 is 0 Å². The smallest absolute Gasteiger partial charge is 0.101 e. The summed E-state index contributed by atoms with van der Waals surface area (Å²) in [6.45, 7) is 9.61. The summed E-state index contributed by atoms with van der Waals surface area (Å²) in [7, 11) is 0. The largest absolute Gasteiger partial charge is 0.384 e. The number of hydrogen-bond donors (Lipinski definition) is 1. The van der Waals surface area contributed by atoms with Crippen LogP contribution in [0, 0.1) is 6.92 Å². The van der Waals surface area contributed by atoms with Gasteiger partial charge in [0.15, 0.2) is 0 Å². The molecule has 0 saturated carbocycles. The predicted molar refractivity (Wildman–Crippen MR) is 52.6 cm³/mol. The molecule has 0 atom stereocenters. The molecule has 0 aromatic carbocycles. The van der Waals surface area contributed by atoms with Crippen molar-refractivity contribution in [3.05, 3.63) is 17.5 Å². The summed E-state index contributed by atoms with van der Waals surface area (Å²) in [6, 6.07) is 2.22. The van der Waals surface area contributed by atoms with Crippen molar-refractivity contribution < 1.29 is 5.11 Å². The highest BCUT2D eigenvalue weighted by molar-refractivity contribution is 5.15. The van der Waals surface area contributed by atoms with Crippen LogP contribution in [0.15, 0.2) is 6.07 Å². The fourth-order valence-electron chi connectivity index (χ4n) is 1.37. The zero-order valence-corrected chi connectivity index (χ0v) is 9.00. The zero-order valence-electron chi connectivity index (χ0n) is 9.00. The van der Waals surface area contributed by atoms with Gasteiger partial charge in [-0.05, 0) is 40.7 Å². The van der Waals surface area contributed by atoms with E-state index in [0.29, 0.717) is 0 Å². The fraction of sp³-hybridized carbons (Fsp3) is 0.700. The Morgan fingerprint density at radius 2 is 2.00 bits per heavy atom. The maximum Gasteiger partial charge on any atom is 0.101 e. The third-order valence-electron chi connectivity index (χ3n) is 1.97. The van der Waals surface area contributed by atoms with Crippen LogP contribution in [0.2, 0.25) is 0 Å². The second-order valence-corrected chi connectivity index (χ2v) is 4.27. The average molecular weight is 182 g/mol. The molecule has 0 spiro atoms. The first-order chi connectivity index (χ1) is 5.82. The Hall–Kier alpha value is -0.830. The third kappa shape index (κ3) is 2.10. The van der Waals surface area contributed by atoms with Crippen LogP contribution < -0.4 is 0 Å². The highest BCUT2D eigenvalue weighted by Gasteiger charge is 2.22. The Morgan fingerprint density at radius 1 is 1.46 bits per heavy atom. The lowest BCUT2D eigenvalue weighted by Gasteiger charge is -2.20. The molecule has 3 nitrogen and oxygen atoms in total. The van der Waals surface area contributed by atoms with E-state index in [1.54, 1.807) is 13.8 Å². The summed E-state index contributed by atoms with van der Waals surface area (Å²) < 4.78 is 1.87. The van der Waals surface area contributed by atoms with Gasteiger partial charge in [0, 0.05) is 6.04 Å². The molecule has 0 unspecified atom stereocenters. The summed E-state index contributed by atoms with van der Waals surface area (Å²) in [5.41, 5.74) is 1.01. The SMILES string of the molecule is Cc1cc(C(C)(C)O)n(C(C)C)n1. The van der Waals surface area contributed by atoms with Gasteiger partial charge in [-0.25, -0.2) is 0 Å². The molecule has 1 rings (SSSR count). The number of nitrogens with zero attached hydrogens (tertiary/aromatic N) is 2. The molecule has 1 N–H and O–H groups in total. The molecule has 13 heavy (non-hydrogen) atoms. The van der Waals surface area contributed by atoms with E-state index < -0.39 is 5.60 Å². The van der Waals surface area contributed by atoms with Gasteiger partial charge in [-0.1, -0.05) is 0 Å². The minimum absolute atomic E-state index is 0.287. The molecule has 0 saturated heterocycles. The Balaban J connectivity index is 3.20. The van der Waals surface area contributed by atoms with E-state index in [2.05, 4.69) is 18.9 Å². The lowest BCUT2D eigenvalue weighted by atomic mass is 10.0. The van der Waals surface area contributed by atoms with E-state index in [1.807, 2.05) is 17.7 Å². The van der Waals surface area contributed by atoms with Gasteiger partial charge in [0.2, 0.25) is 0 Å². The van der Waals surface area contributed by atoms with Gasteiger partial charge in [-0.3, -0.25) is 4.68 Å². The summed E-state index contributed by atoms with van der Waals surface area (Å²) in [4.78, 5) is 0. The topological polar surface area (TPSA) is 38.0 Å². The van der Waals surface area contributed by atoms with Crippen molar-refractivity contribution in [1.82, 2.24) is 9.78 Å². The monoisotopic (exact) mass is 182 g/mol. The van der Waals surface area contributed by atoms with Crippen molar-refractivity contribution in [2.75, 3.05) is 0 Å². The quantitative estimate of drug-likeness (QED) is 0.759. The fourth-order valence-corrected chi connectivity index (χ4v) is 1.37. The van der Waals surface area contributed by atoms with Gasteiger partial charge in [0.25, 0.3) is 0 Å². The van der Waals surface area contributed by atoms with Crippen molar-refractivity contribution in [2.24, 2.45) is 0 Å². The lowest BCUT2D eigenvalue weighted by molar-refractivity contribution is 0.0669. The lowest BCUT2D eigenvalue weighted by Crippen LogP contribution is -2.22. The predicted octanol–water partition coefficient (Wildman–Crippen LogP) is 2.00. The van der Waals surface area contributed by atoms with E-state index in [1.165, 1.54) is 0 Å². The van der Waals surface area contributed by atoms with E-state index in [-0.39, 0.29) is 6.04 Å². The van der Waals surface area contributed by atoms with E-state index in [9.17, 15) is 5.11 Å². The van der Waals surface area contributed by atoms with Crippen LogP contribution >= 0.6 is 0 Å². The molecule has 3 heteroatoms. The molecule has 1 aromatic heterocycles. The first kappa shape index (κ1) is 10.3. The number of rotatable bonds is 2. The van der Waals surface area contributed by atoms with Gasteiger partial charge in [-0.15, -0.1) is 0 Å². The highest BCUT2D eigenvalue weighted by Crippen LogP contribution is 2.23. The summed E-state index contributed by atoms with van der Waals surface area (Å²) in [5.74, 6) is 0. The van der Waals surface area contributed by atoms with Crippen LogP contribution in [0.4, 0.5) is 0 Å². The standard InChI is InChI=1S/C10H18N2O/c1-7(2)12-9(10(4,5)13)6-8(3)11-12/h6-7,13H,1-5H3. The minimum atomic E-state index is -0.814. The zero-order chi connectivity index (χ0) is 10.2. The normalized spacial score (nSPS) is 12.5. The molecule has 0 aliphatic carbocycles. The molecule has 0 amide bonds. The molecule has 74 valence electrons. The second-order valence-electron chi connectivity index (χ2n) is 4.27. The van der Waals surface area contributed by atoms with Crippen molar-refractivity contribution in [2.45, 2.75) is 46.3 Å². The minimum Gasteiger partial charge on any atom is -0.384 e. The van der Waals surface area contributed by atoms with E-state index in [4.69, 9.17) is 0 Å². The van der Waals surface area contributed by atoms with Crippen LogP contribution in [0.3, 0.4) is 0 Å². The molecule has 0 aliphatic heterocycles. The van der Waals surface area contributed by atoms with E-state index >= 15 is 0 Å².